The Bertz CT molecular complexity index is 1040. The van der Waals surface area contributed by atoms with E-state index in [2.05, 4.69) is 10.4 Å². The fourth-order valence-corrected chi connectivity index (χ4v) is 4.50. The number of fused-ring (bicyclic) bond motifs is 1. The standard InChI is InChI=1S/C21H24N4O3S/c26-20(17-8-1-2-9-18(17)29-15-16-7-5-14-28-16)22-11-6-13-25-21(27)24-12-4-3-10-19(24)23-25/h1-4,8-10,12,16H,5-7,11,13-15H2,(H,22,26). The quantitative estimate of drug-likeness (QED) is 0.455. The fourth-order valence-electron chi connectivity index (χ4n) is 3.38. The van der Waals surface area contributed by atoms with Gasteiger partial charge in [-0.15, -0.1) is 16.9 Å². The lowest BCUT2D eigenvalue weighted by Crippen LogP contribution is -2.28. The van der Waals surface area contributed by atoms with Gasteiger partial charge in [-0.2, -0.15) is 0 Å². The zero-order chi connectivity index (χ0) is 20.1. The molecule has 1 amide bonds. The molecule has 1 aliphatic rings. The van der Waals surface area contributed by atoms with Gasteiger partial charge in [0, 0.05) is 36.5 Å². The molecule has 4 rings (SSSR count). The van der Waals surface area contributed by atoms with Crippen LogP contribution in [0.15, 0.2) is 58.4 Å². The van der Waals surface area contributed by atoms with Gasteiger partial charge in [-0.05, 0) is 43.5 Å². The molecule has 1 unspecified atom stereocenters. The summed E-state index contributed by atoms with van der Waals surface area (Å²) in [5.74, 6) is 0.768. The maximum absolute atomic E-state index is 12.6. The summed E-state index contributed by atoms with van der Waals surface area (Å²) in [4.78, 5) is 25.9. The third-order valence-electron chi connectivity index (χ3n) is 4.90. The van der Waals surface area contributed by atoms with Gasteiger partial charge in [-0.3, -0.25) is 9.20 Å². The van der Waals surface area contributed by atoms with E-state index in [0.29, 0.717) is 30.7 Å². The maximum atomic E-state index is 12.6. The second kappa shape index (κ2) is 9.28. The molecule has 1 aromatic carbocycles. The molecule has 3 heterocycles. The lowest BCUT2D eigenvalue weighted by Gasteiger charge is -2.12. The Balaban J connectivity index is 1.30. The summed E-state index contributed by atoms with van der Waals surface area (Å²) in [7, 11) is 0. The summed E-state index contributed by atoms with van der Waals surface area (Å²) in [5, 5.41) is 7.26. The summed E-state index contributed by atoms with van der Waals surface area (Å²) in [6.45, 7) is 1.77. The van der Waals surface area contributed by atoms with Crippen LogP contribution in [0.1, 0.15) is 29.6 Å². The first-order valence-corrected chi connectivity index (χ1v) is 10.9. The van der Waals surface area contributed by atoms with Crippen molar-refractivity contribution in [2.24, 2.45) is 0 Å². The van der Waals surface area contributed by atoms with E-state index in [1.54, 1.807) is 30.1 Å². The molecule has 29 heavy (non-hydrogen) atoms. The van der Waals surface area contributed by atoms with Crippen molar-refractivity contribution in [2.45, 2.75) is 36.8 Å². The van der Waals surface area contributed by atoms with Crippen molar-refractivity contribution in [1.82, 2.24) is 19.5 Å². The Hall–Kier alpha value is -2.58. The van der Waals surface area contributed by atoms with Crippen LogP contribution in [0, 0.1) is 0 Å². The predicted molar refractivity (Wildman–Crippen MR) is 113 cm³/mol. The highest BCUT2D eigenvalue weighted by molar-refractivity contribution is 7.99. The number of hydrogen-bond donors (Lipinski definition) is 1. The number of rotatable bonds is 8. The first kappa shape index (κ1) is 19.7. The fraction of sp³-hybridized carbons (Fsp3) is 0.381. The summed E-state index contributed by atoms with van der Waals surface area (Å²) in [5.41, 5.74) is 1.14. The van der Waals surface area contributed by atoms with Gasteiger partial charge in [-0.25, -0.2) is 9.48 Å². The van der Waals surface area contributed by atoms with Crippen LogP contribution >= 0.6 is 11.8 Å². The molecule has 7 nitrogen and oxygen atoms in total. The summed E-state index contributed by atoms with van der Waals surface area (Å²) in [6.07, 6.45) is 4.81. The minimum atomic E-state index is -0.164. The lowest BCUT2D eigenvalue weighted by molar-refractivity contribution is 0.0949. The second-order valence-corrected chi connectivity index (χ2v) is 8.05. The molecule has 1 aliphatic heterocycles. The van der Waals surface area contributed by atoms with Crippen LogP contribution in [0.5, 0.6) is 0 Å². The first-order valence-electron chi connectivity index (χ1n) is 9.88. The number of benzene rings is 1. The van der Waals surface area contributed by atoms with Gasteiger partial charge in [0.15, 0.2) is 5.65 Å². The van der Waals surface area contributed by atoms with Crippen molar-refractivity contribution >= 4 is 23.3 Å². The van der Waals surface area contributed by atoms with E-state index >= 15 is 0 Å². The summed E-state index contributed by atoms with van der Waals surface area (Å²) < 4.78 is 8.62. The van der Waals surface area contributed by atoms with E-state index < -0.39 is 0 Å². The average molecular weight is 413 g/mol. The molecule has 152 valence electrons. The molecular weight excluding hydrogens is 388 g/mol. The molecule has 1 atom stereocenters. The van der Waals surface area contributed by atoms with Gasteiger partial charge in [0.05, 0.1) is 11.7 Å². The molecule has 0 radical (unpaired) electrons. The molecular formula is C21H24N4O3S. The smallest absolute Gasteiger partial charge is 0.350 e. The molecule has 0 aliphatic carbocycles. The Morgan fingerprint density at radius 3 is 2.93 bits per heavy atom. The van der Waals surface area contributed by atoms with Crippen molar-refractivity contribution in [2.75, 3.05) is 18.9 Å². The highest BCUT2D eigenvalue weighted by Gasteiger charge is 2.17. The van der Waals surface area contributed by atoms with Gasteiger partial charge in [-0.1, -0.05) is 18.2 Å². The Kier molecular flexibility index (Phi) is 6.31. The van der Waals surface area contributed by atoms with Crippen molar-refractivity contribution in [1.29, 1.82) is 0 Å². The minimum absolute atomic E-state index is 0.0946. The first-order chi connectivity index (χ1) is 14.2. The van der Waals surface area contributed by atoms with Crippen LogP contribution in [0.3, 0.4) is 0 Å². The Labute approximate surface area is 173 Å². The highest BCUT2D eigenvalue weighted by atomic mass is 32.2. The van der Waals surface area contributed by atoms with Crippen LogP contribution in [-0.2, 0) is 11.3 Å². The number of aromatic nitrogens is 3. The van der Waals surface area contributed by atoms with Crippen molar-refractivity contribution in [3.63, 3.8) is 0 Å². The van der Waals surface area contributed by atoms with E-state index in [0.717, 1.165) is 30.1 Å². The monoisotopic (exact) mass is 412 g/mol. The summed E-state index contributed by atoms with van der Waals surface area (Å²) in [6, 6.07) is 13.1. The highest BCUT2D eigenvalue weighted by Crippen LogP contribution is 2.26. The van der Waals surface area contributed by atoms with Crippen LogP contribution in [0.2, 0.25) is 0 Å². The number of carbonyl (C=O) groups is 1. The number of nitrogens with zero attached hydrogens (tertiary/aromatic N) is 3. The van der Waals surface area contributed by atoms with Gasteiger partial charge >= 0.3 is 5.69 Å². The molecule has 3 aromatic rings. The van der Waals surface area contributed by atoms with Crippen molar-refractivity contribution < 1.29 is 9.53 Å². The number of nitrogens with one attached hydrogen (secondary N) is 1. The maximum Gasteiger partial charge on any atom is 0.350 e. The van der Waals surface area contributed by atoms with E-state index in [1.165, 1.54) is 9.08 Å². The Morgan fingerprint density at radius 2 is 2.10 bits per heavy atom. The largest absolute Gasteiger partial charge is 0.377 e. The zero-order valence-electron chi connectivity index (χ0n) is 16.1. The van der Waals surface area contributed by atoms with Gasteiger partial charge in [0.25, 0.3) is 5.91 Å². The van der Waals surface area contributed by atoms with Crippen LogP contribution in [0.4, 0.5) is 0 Å². The number of hydrogen-bond acceptors (Lipinski definition) is 5. The number of ether oxygens (including phenoxy) is 1. The number of carbonyl (C=O) groups excluding carboxylic acids is 1. The van der Waals surface area contributed by atoms with Gasteiger partial charge in [0.2, 0.25) is 0 Å². The number of pyridine rings is 1. The van der Waals surface area contributed by atoms with Crippen molar-refractivity contribution in [3.8, 4) is 0 Å². The molecule has 0 spiro atoms. The van der Waals surface area contributed by atoms with E-state index in [4.69, 9.17) is 4.74 Å². The molecule has 2 aromatic heterocycles. The zero-order valence-corrected chi connectivity index (χ0v) is 16.9. The third kappa shape index (κ3) is 4.71. The van der Waals surface area contributed by atoms with Gasteiger partial charge < -0.3 is 10.1 Å². The normalized spacial score (nSPS) is 16.3. The molecule has 1 saturated heterocycles. The molecule has 0 bridgehead atoms. The number of aryl methyl sites for hydroxylation is 1. The average Bonchev–Trinajstić information content (AvgIpc) is 3.38. The molecule has 1 fully saturated rings. The Morgan fingerprint density at radius 1 is 1.24 bits per heavy atom. The minimum Gasteiger partial charge on any atom is -0.377 e. The van der Waals surface area contributed by atoms with Crippen molar-refractivity contribution in [3.05, 3.63) is 64.7 Å². The van der Waals surface area contributed by atoms with Crippen LogP contribution in [0.25, 0.3) is 5.65 Å². The van der Waals surface area contributed by atoms with Gasteiger partial charge in [0.1, 0.15) is 0 Å². The SMILES string of the molecule is O=C(NCCCn1nc2ccccn2c1=O)c1ccccc1SCC1CCCO1. The molecule has 8 heteroatoms. The topological polar surface area (TPSA) is 77.6 Å². The number of thioether (sulfide) groups is 1. The predicted octanol–water partition coefficient (Wildman–Crippen LogP) is 2.59. The number of amides is 1. The molecule has 0 saturated carbocycles. The van der Waals surface area contributed by atoms with E-state index in [9.17, 15) is 9.59 Å². The van der Waals surface area contributed by atoms with Crippen LogP contribution < -0.4 is 11.0 Å². The lowest BCUT2D eigenvalue weighted by atomic mass is 10.2. The third-order valence-corrected chi connectivity index (χ3v) is 6.11. The van der Waals surface area contributed by atoms with Crippen LogP contribution in [-0.4, -0.2) is 45.1 Å². The summed E-state index contributed by atoms with van der Waals surface area (Å²) >= 11 is 1.67. The van der Waals surface area contributed by atoms with E-state index in [-0.39, 0.29) is 17.7 Å². The molecule has 1 N–H and O–H groups in total. The second-order valence-electron chi connectivity index (χ2n) is 6.99. The van der Waals surface area contributed by atoms with E-state index in [1.807, 2.05) is 30.3 Å².